The number of anilines is 1. The molecule has 0 heterocycles. The van der Waals surface area contributed by atoms with E-state index in [9.17, 15) is 4.79 Å². The second kappa shape index (κ2) is 4.17. The maximum Gasteiger partial charge on any atom is 0.227 e. The Morgan fingerprint density at radius 2 is 1.94 bits per heavy atom. The van der Waals surface area contributed by atoms with Gasteiger partial charge < -0.3 is 5.32 Å². The Bertz CT molecular complexity index is 423. The molecule has 2 aliphatic carbocycles. The Hall–Kier alpha value is -1.31. The van der Waals surface area contributed by atoms with Gasteiger partial charge in [-0.1, -0.05) is 24.1 Å². The van der Waals surface area contributed by atoms with Crippen LogP contribution in [-0.2, 0) is 4.79 Å². The summed E-state index contributed by atoms with van der Waals surface area (Å²) >= 11 is 0. The predicted molar refractivity (Wildman–Crippen MR) is 68.7 cm³/mol. The van der Waals surface area contributed by atoms with Crippen LogP contribution >= 0.6 is 0 Å². The van der Waals surface area contributed by atoms with E-state index in [1.165, 1.54) is 24.8 Å². The molecule has 1 N–H and O–H groups in total. The maximum absolute atomic E-state index is 12.2. The lowest BCUT2D eigenvalue weighted by Crippen LogP contribution is -2.27. The number of aryl methyl sites for hydroxylation is 1. The average Bonchev–Trinajstić information content (AvgIpc) is 2.94. The smallest absolute Gasteiger partial charge is 0.227 e. The van der Waals surface area contributed by atoms with Gasteiger partial charge in [0.15, 0.2) is 0 Å². The lowest BCUT2D eigenvalue weighted by Gasteiger charge is -2.20. The maximum atomic E-state index is 12.2. The number of carbonyl (C=O) groups excluding carboxylic acids is 1. The third kappa shape index (κ3) is 2.08. The molecule has 2 heteroatoms. The van der Waals surface area contributed by atoms with Gasteiger partial charge >= 0.3 is 0 Å². The van der Waals surface area contributed by atoms with E-state index in [0.29, 0.717) is 5.92 Å². The van der Waals surface area contributed by atoms with Gasteiger partial charge in [0.25, 0.3) is 0 Å². The molecule has 3 rings (SSSR count). The monoisotopic (exact) mass is 229 g/mol. The van der Waals surface area contributed by atoms with Crippen molar-refractivity contribution in [3.05, 3.63) is 29.8 Å². The first-order valence-electron chi connectivity index (χ1n) is 6.60. The summed E-state index contributed by atoms with van der Waals surface area (Å²) in [4.78, 5) is 12.2. The molecule has 17 heavy (non-hydrogen) atoms. The van der Waals surface area contributed by atoms with Gasteiger partial charge in [-0.25, -0.2) is 0 Å². The molecule has 2 nitrogen and oxygen atoms in total. The van der Waals surface area contributed by atoms with Crippen LogP contribution in [0.15, 0.2) is 24.3 Å². The summed E-state index contributed by atoms with van der Waals surface area (Å²) in [5.74, 6) is 2.00. The van der Waals surface area contributed by atoms with Crippen LogP contribution in [0.1, 0.15) is 31.2 Å². The largest absolute Gasteiger partial charge is 0.326 e. The van der Waals surface area contributed by atoms with Crippen LogP contribution in [0.3, 0.4) is 0 Å². The van der Waals surface area contributed by atoms with Crippen molar-refractivity contribution in [1.82, 2.24) is 0 Å². The molecule has 1 aromatic carbocycles. The standard InChI is InChI=1S/C15H19NO/c1-10-2-6-13(7-3-10)16-15(17)14-9-11-4-5-12(14)8-11/h2-3,6-7,11-12,14H,4-5,8-9H2,1H3,(H,16,17). The molecule has 0 aliphatic heterocycles. The molecule has 3 atom stereocenters. The fraction of sp³-hybridized carbons (Fsp3) is 0.533. The van der Waals surface area contributed by atoms with Crippen molar-refractivity contribution in [2.45, 2.75) is 32.6 Å². The van der Waals surface area contributed by atoms with Crippen LogP contribution < -0.4 is 5.32 Å². The number of nitrogens with one attached hydrogen (secondary N) is 1. The van der Waals surface area contributed by atoms with Crippen LogP contribution in [0, 0.1) is 24.7 Å². The molecule has 90 valence electrons. The van der Waals surface area contributed by atoms with E-state index >= 15 is 0 Å². The number of fused-ring (bicyclic) bond motifs is 2. The summed E-state index contributed by atoms with van der Waals surface area (Å²) in [7, 11) is 0. The molecular formula is C15H19NO. The van der Waals surface area contributed by atoms with E-state index in [2.05, 4.69) is 12.2 Å². The molecule has 0 aromatic heterocycles. The lowest BCUT2D eigenvalue weighted by molar-refractivity contribution is -0.121. The fourth-order valence-corrected chi connectivity index (χ4v) is 3.44. The molecular weight excluding hydrogens is 210 g/mol. The van der Waals surface area contributed by atoms with Crippen LogP contribution in [0.4, 0.5) is 5.69 Å². The zero-order chi connectivity index (χ0) is 11.8. The second-order valence-corrected chi connectivity index (χ2v) is 5.64. The first-order chi connectivity index (χ1) is 8.22. The molecule has 0 saturated heterocycles. The molecule has 1 aromatic rings. The van der Waals surface area contributed by atoms with Crippen molar-refractivity contribution < 1.29 is 4.79 Å². The highest BCUT2D eigenvalue weighted by Crippen LogP contribution is 2.48. The van der Waals surface area contributed by atoms with Crippen molar-refractivity contribution in [3.63, 3.8) is 0 Å². The SMILES string of the molecule is Cc1ccc(NC(=O)C2CC3CCC2C3)cc1. The molecule has 2 bridgehead atoms. The quantitative estimate of drug-likeness (QED) is 0.827. The van der Waals surface area contributed by atoms with Crippen LogP contribution in [0.2, 0.25) is 0 Å². The number of hydrogen-bond donors (Lipinski definition) is 1. The summed E-state index contributed by atoms with van der Waals surface area (Å²) in [5.41, 5.74) is 2.16. The highest BCUT2D eigenvalue weighted by Gasteiger charge is 2.42. The van der Waals surface area contributed by atoms with E-state index in [-0.39, 0.29) is 11.8 Å². The molecule has 2 fully saturated rings. The van der Waals surface area contributed by atoms with Crippen molar-refractivity contribution in [1.29, 1.82) is 0 Å². The Balaban J connectivity index is 1.65. The van der Waals surface area contributed by atoms with Gasteiger partial charge in [-0.05, 0) is 50.2 Å². The van der Waals surface area contributed by atoms with Crippen LogP contribution in [0.5, 0.6) is 0 Å². The highest BCUT2D eigenvalue weighted by molar-refractivity contribution is 5.93. The summed E-state index contributed by atoms with van der Waals surface area (Å²) < 4.78 is 0. The number of rotatable bonds is 2. The first kappa shape index (κ1) is 10.8. The Kier molecular flexibility index (Phi) is 2.65. The van der Waals surface area contributed by atoms with Gasteiger partial charge in [-0.15, -0.1) is 0 Å². The number of benzene rings is 1. The van der Waals surface area contributed by atoms with Gasteiger partial charge in [-0.3, -0.25) is 4.79 Å². The van der Waals surface area contributed by atoms with E-state index in [4.69, 9.17) is 0 Å². The molecule has 1 amide bonds. The van der Waals surface area contributed by atoms with Gasteiger partial charge in [0.05, 0.1) is 0 Å². The van der Waals surface area contributed by atoms with Crippen LogP contribution in [-0.4, -0.2) is 5.91 Å². The Morgan fingerprint density at radius 3 is 2.53 bits per heavy atom. The highest BCUT2D eigenvalue weighted by atomic mass is 16.1. The summed E-state index contributed by atoms with van der Waals surface area (Å²) in [6.45, 7) is 2.06. The topological polar surface area (TPSA) is 29.1 Å². The normalized spacial score (nSPS) is 30.5. The minimum absolute atomic E-state index is 0.237. The van der Waals surface area contributed by atoms with Crippen molar-refractivity contribution in [2.75, 3.05) is 5.32 Å². The molecule has 2 aliphatic rings. The Labute approximate surface area is 102 Å². The average molecular weight is 229 g/mol. The summed E-state index contributed by atoms with van der Waals surface area (Å²) in [6, 6.07) is 8.05. The summed E-state index contributed by atoms with van der Waals surface area (Å²) in [6.07, 6.45) is 5.00. The predicted octanol–water partition coefficient (Wildman–Crippen LogP) is 3.37. The zero-order valence-corrected chi connectivity index (χ0v) is 10.3. The Morgan fingerprint density at radius 1 is 1.18 bits per heavy atom. The van der Waals surface area contributed by atoms with Crippen molar-refractivity contribution in [3.8, 4) is 0 Å². The molecule has 0 spiro atoms. The van der Waals surface area contributed by atoms with E-state index in [0.717, 1.165) is 18.0 Å². The number of amides is 1. The minimum atomic E-state index is 0.237. The third-order valence-corrected chi connectivity index (χ3v) is 4.39. The van der Waals surface area contributed by atoms with Gasteiger partial charge in [0, 0.05) is 11.6 Å². The molecule has 2 saturated carbocycles. The van der Waals surface area contributed by atoms with E-state index in [1.54, 1.807) is 0 Å². The lowest BCUT2D eigenvalue weighted by atomic mass is 9.88. The van der Waals surface area contributed by atoms with Crippen molar-refractivity contribution in [2.24, 2.45) is 17.8 Å². The third-order valence-electron chi connectivity index (χ3n) is 4.39. The van der Waals surface area contributed by atoms with Gasteiger partial charge in [-0.2, -0.15) is 0 Å². The number of carbonyl (C=O) groups is 1. The van der Waals surface area contributed by atoms with E-state index < -0.39 is 0 Å². The van der Waals surface area contributed by atoms with Gasteiger partial charge in [0.1, 0.15) is 0 Å². The zero-order valence-electron chi connectivity index (χ0n) is 10.3. The van der Waals surface area contributed by atoms with Crippen LogP contribution in [0.25, 0.3) is 0 Å². The van der Waals surface area contributed by atoms with E-state index in [1.807, 2.05) is 24.3 Å². The minimum Gasteiger partial charge on any atom is -0.326 e. The fourth-order valence-electron chi connectivity index (χ4n) is 3.44. The molecule has 0 radical (unpaired) electrons. The molecule has 3 unspecified atom stereocenters. The first-order valence-corrected chi connectivity index (χ1v) is 6.60. The number of hydrogen-bond acceptors (Lipinski definition) is 1. The summed E-state index contributed by atoms with van der Waals surface area (Å²) in [5, 5.41) is 3.06. The second-order valence-electron chi connectivity index (χ2n) is 5.64. The van der Waals surface area contributed by atoms with Gasteiger partial charge in [0.2, 0.25) is 5.91 Å². The van der Waals surface area contributed by atoms with Crippen molar-refractivity contribution >= 4 is 11.6 Å².